The number of rotatable bonds is 3. The Balaban J connectivity index is 1.99. The molecule has 0 fully saturated rings. The molecule has 0 aliphatic heterocycles. The highest BCUT2D eigenvalue weighted by atomic mass is 35.5. The van der Waals surface area contributed by atoms with Crippen molar-refractivity contribution in [1.29, 1.82) is 0 Å². The third-order valence-corrected chi connectivity index (χ3v) is 3.67. The summed E-state index contributed by atoms with van der Waals surface area (Å²) in [7, 11) is 0. The lowest BCUT2D eigenvalue weighted by molar-refractivity contribution is 0.722. The molecule has 2 rings (SSSR count). The third kappa shape index (κ3) is 4.73. The number of thiocarbonyl (C=S) groups is 1. The van der Waals surface area contributed by atoms with Crippen LogP contribution in [0.15, 0.2) is 42.5 Å². The Kier molecular flexibility index (Phi) is 5.21. The summed E-state index contributed by atoms with van der Waals surface area (Å²) >= 11 is 11.3. The molecule has 0 heterocycles. The summed E-state index contributed by atoms with van der Waals surface area (Å²) in [6, 6.07) is 14.2. The van der Waals surface area contributed by atoms with E-state index < -0.39 is 0 Å². The van der Waals surface area contributed by atoms with Gasteiger partial charge in [-0.25, -0.2) is 0 Å². The van der Waals surface area contributed by atoms with Crippen LogP contribution in [0.5, 0.6) is 0 Å². The second kappa shape index (κ2) is 6.92. The van der Waals surface area contributed by atoms with Crippen LogP contribution in [0.1, 0.15) is 29.7 Å². The summed E-state index contributed by atoms with van der Waals surface area (Å²) < 4.78 is 0. The van der Waals surface area contributed by atoms with Crippen molar-refractivity contribution in [3.8, 4) is 0 Å². The molecule has 2 aromatic rings. The van der Waals surface area contributed by atoms with E-state index in [9.17, 15) is 0 Å². The smallest absolute Gasteiger partial charge is 0.171 e. The van der Waals surface area contributed by atoms with Crippen LogP contribution in [-0.4, -0.2) is 5.11 Å². The summed E-state index contributed by atoms with van der Waals surface area (Å²) in [5.74, 6) is 0. The van der Waals surface area contributed by atoms with Crippen LogP contribution in [0.4, 0.5) is 5.69 Å². The Morgan fingerprint density at radius 1 is 1.05 bits per heavy atom. The number of aryl methyl sites for hydroxylation is 2. The summed E-state index contributed by atoms with van der Waals surface area (Å²) in [5, 5.41) is 7.86. The van der Waals surface area contributed by atoms with E-state index in [0.717, 1.165) is 16.3 Å². The van der Waals surface area contributed by atoms with Gasteiger partial charge in [0.05, 0.1) is 6.04 Å². The zero-order chi connectivity index (χ0) is 15.4. The fourth-order valence-electron chi connectivity index (χ4n) is 2.25. The monoisotopic (exact) mass is 318 g/mol. The number of anilines is 1. The van der Waals surface area contributed by atoms with Crippen LogP contribution in [0.2, 0.25) is 5.02 Å². The van der Waals surface area contributed by atoms with Crippen molar-refractivity contribution in [3.05, 3.63) is 64.2 Å². The van der Waals surface area contributed by atoms with E-state index in [2.05, 4.69) is 49.6 Å². The molecule has 2 nitrogen and oxygen atoms in total. The highest BCUT2D eigenvalue weighted by Crippen LogP contribution is 2.17. The second-order valence-corrected chi connectivity index (χ2v) is 6.09. The molecular weight excluding hydrogens is 300 g/mol. The van der Waals surface area contributed by atoms with Crippen LogP contribution in [0.25, 0.3) is 0 Å². The third-order valence-electron chi connectivity index (χ3n) is 3.20. The molecule has 0 radical (unpaired) electrons. The molecule has 0 spiro atoms. The van der Waals surface area contributed by atoms with Crippen LogP contribution in [-0.2, 0) is 0 Å². The van der Waals surface area contributed by atoms with E-state index in [1.807, 2.05) is 24.3 Å². The Labute approximate surface area is 136 Å². The summed E-state index contributed by atoms with van der Waals surface area (Å²) in [5.41, 5.74) is 4.58. The number of halogens is 1. The Bertz CT molecular complexity index is 617. The Hall–Kier alpha value is -1.58. The van der Waals surface area contributed by atoms with Crippen LogP contribution in [0, 0.1) is 13.8 Å². The number of hydrogen-bond acceptors (Lipinski definition) is 1. The molecular formula is C17H19ClN2S. The van der Waals surface area contributed by atoms with Crippen molar-refractivity contribution >= 4 is 34.6 Å². The first-order valence-electron chi connectivity index (χ1n) is 6.85. The van der Waals surface area contributed by atoms with Gasteiger partial charge < -0.3 is 10.6 Å². The van der Waals surface area contributed by atoms with Gasteiger partial charge >= 0.3 is 0 Å². The van der Waals surface area contributed by atoms with Gasteiger partial charge in [-0.2, -0.15) is 0 Å². The largest absolute Gasteiger partial charge is 0.356 e. The van der Waals surface area contributed by atoms with Gasteiger partial charge in [-0.15, -0.1) is 0 Å². The van der Waals surface area contributed by atoms with Gasteiger partial charge in [-0.3, -0.25) is 0 Å². The molecule has 0 aliphatic carbocycles. The molecule has 0 saturated heterocycles. The van der Waals surface area contributed by atoms with Crippen molar-refractivity contribution in [1.82, 2.24) is 5.32 Å². The van der Waals surface area contributed by atoms with Gasteiger partial charge in [0, 0.05) is 10.7 Å². The molecule has 0 unspecified atom stereocenters. The van der Waals surface area contributed by atoms with Crippen LogP contribution in [0.3, 0.4) is 0 Å². The molecule has 0 bridgehead atoms. The number of nitrogens with one attached hydrogen (secondary N) is 2. The Morgan fingerprint density at radius 3 is 2.19 bits per heavy atom. The van der Waals surface area contributed by atoms with Gasteiger partial charge in [0.1, 0.15) is 0 Å². The first kappa shape index (κ1) is 15.8. The maximum Gasteiger partial charge on any atom is 0.171 e. The summed E-state index contributed by atoms with van der Waals surface area (Å²) in [6.45, 7) is 6.22. The average molecular weight is 319 g/mol. The van der Waals surface area contributed by atoms with Gasteiger partial charge in [0.15, 0.2) is 5.11 Å². The maximum absolute atomic E-state index is 5.90. The zero-order valence-corrected chi connectivity index (χ0v) is 14.0. The Morgan fingerprint density at radius 2 is 1.62 bits per heavy atom. The molecule has 110 valence electrons. The fraction of sp³-hybridized carbons (Fsp3) is 0.235. The predicted molar refractivity (Wildman–Crippen MR) is 95.1 cm³/mol. The molecule has 4 heteroatoms. The molecule has 2 aromatic carbocycles. The summed E-state index contributed by atoms with van der Waals surface area (Å²) in [6.07, 6.45) is 0. The molecule has 1 atom stereocenters. The van der Waals surface area contributed by atoms with Crippen molar-refractivity contribution in [3.63, 3.8) is 0 Å². The molecule has 0 aromatic heterocycles. The lowest BCUT2D eigenvalue weighted by Gasteiger charge is -2.18. The topological polar surface area (TPSA) is 24.1 Å². The van der Waals surface area contributed by atoms with Crippen LogP contribution >= 0.6 is 23.8 Å². The van der Waals surface area contributed by atoms with E-state index >= 15 is 0 Å². The van der Waals surface area contributed by atoms with E-state index in [-0.39, 0.29) is 6.04 Å². The fourth-order valence-corrected chi connectivity index (χ4v) is 2.67. The quantitative estimate of drug-likeness (QED) is 0.778. The molecule has 0 amide bonds. The molecule has 2 N–H and O–H groups in total. The highest BCUT2D eigenvalue weighted by molar-refractivity contribution is 7.80. The van der Waals surface area contributed by atoms with E-state index in [4.69, 9.17) is 23.8 Å². The van der Waals surface area contributed by atoms with Crippen molar-refractivity contribution in [2.45, 2.75) is 26.8 Å². The average Bonchev–Trinajstić information content (AvgIpc) is 2.37. The zero-order valence-electron chi connectivity index (χ0n) is 12.4. The van der Waals surface area contributed by atoms with Crippen molar-refractivity contribution in [2.24, 2.45) is 0 Å². The predicted octanol–water partition coefficient (Wildman–Crippen LogP) is 5.00. The van der Waals surface area contributed by atoms with Gasteiger partial charge in [0.2, 0.25) is 0 Å². The normalized spacial score (nSPS) is 11.8. The van der Waals surface area contributed by atoms with Crippen LogP contribution < -0.4 is 10.6 Å². The minimum atomic E-state index is 0.119. The highest BCUT2D eigenvalue weighted by Gasteiger charge is 2.07. The van der Waals surface area contributed by atoms with Gasteiger partial charge in [0.25, 0.3) is 0 Å². The minimum absolute atomic E-state index is 0.119. The van der Waals surface area contributed by atoms with Gasteiger partial charge in [-0.1, -0.05) is 29.8 Å². The standard InChI is InChI=1S/C17H19ClN2S/c1-11-8-12(2)10-16(9-11)20-17(21)19-13(3)14-4-6-15(18)7-5-14/h4-10,13H,1-3H3,(H2,19,20,21)/t13-/m0/s1. The lowest BCUT2D eigenvalue weighted by Crippen LogP contribution is -2.30. The maximum atomic E-state index is 5.90. The van der Waals surface area contributed by atoms with Crippen molar-refractivity contribution in [2.75, 3.05) is 5.32 Å². The molecule has 0 aliphatic rings. The summed E-state index contributed by atoms with van der Waals surface area (Å²) in [4.78, 5) is 0. The number of hydrogen-bond donors (Lipinski definition) is 2. The second-order valence-electron chi connectivity index (χ2n) is 5.25. The van der Waals surface area contributed by atoms with E-state index in [1.165, 1.54) is 11.1 Å². The molecule has 21 heavy (non-hydrogen) atoms. The minimum Gasteiger partial charge on any atom is -0.356 e. The van der Waals surface area contributed by atoms with E-state index in [0.29, 0.717) is 5.11 Å². The lowest BCUT2D eigenvalue weighted by atomic mass is 10.1. The van der Waals surface area contributed by atoms with Crippen molar-refractivity contribution < 1.29 is 0 Å². The first-order chi connectivity index (χ1) is 9.94. The van der Waals surface area contributed by atoms with E-state index in [1.54, 1.807) is 0 Å². The first-order valence-corrected chi connectivity index (χ1v) is 7.64. The number of benzene rings is 2. The molecule has 0 saturated carbocycles. The van der Waals surface area contributed by atoms with Gasteiger partial charge in [-0.05, 0) is 73.9 Å². The SMILES string of the molecule is Cc1cc(C)cc(NC(=S)N[C@@H](C)c2ccc(Cl)cc2)c1.